The second kappa shape index (κ2) is 11.7. The Morgan fingerprint density at radius 3 is 2.56 bits per heavy atom. The van der Waals surface area contributed by atoms with Crippen LogP contribution in [0.4, 0.5) is 0 Å². The topological polar surface area (TPSA) is 27.7 Å². The summed E-state index contributed by atoms with van der Waals surface area (Å²) in [4.78, 5) is 0. The van der Waals surface area contributed by atoms with E-state index in [9.17, 15) is 0 Å². The molecule has 0 bridgehead atoms. The van der Waals surface area contributed by atoms with Gasteiger partial charge in [-0.2, -0.15) is 0 Å². The van der Waals surface area contributed by atoms with Crippen molar-refractivity contribution in [1.82, 2.24) is 0 Å². The molecule has 1 rings (SSSR count). The van der Waals surface area contributed by atoms with E-state index in [0.717, 1.165) is 39.1 Å². The van der Waals surface area contributed by atoms with Crippen LogP contribution in [0.2, 0.25) is 0 Å². The molecule has 0 aromatic carbocycles. The molecule has 1 heterocycles. The van der Waals surface area contributed by atoms with E-state index in [2.05, 4.69) is 6.58 Å². The zero-order chi connectivity index (χ0) is 12.9. The molecule has 0 N–H and O–H groups in total. The highest BCUT2D eigenvalue weighted by molar-refractivity contribution is 4.63. The standard InChI is InChI=1S/C15H28O3/c1-2-11-16-12-7-4-3-5-8-13-17-15-10-6-9-14-18-15/h2,15H,1,3-14H2. The summed E-state index contributed by atoms with van der Waals surface area (Å²) in [7, 11) is 0. The molecule has 0 saturated carbocycles. The minimum atomic E-state index is 0.0750. The number of hydrogen-bond acceptors (Lipinski definition) is 3. The van der Waals surface area contributed by atoms with Crippen molar-refractivity contribution >= 4 is 0 Å². The molecule has 1 aliphatic rings. The van der Waals surface area contributed by atoms with E-state index in [1.54, 1.807) is 6.08 Å². The first kappa shape index (κ1) is 15.7. The fraction of sp³-hybridized carbons (Fsp3) is 0.867. The van der Waals surface area contributed by atoms with Gasteiger partial charge in [0.05, 0.1) is 6.61 Å². The Morgan fingerprint density at radius 2 is 1.83 bits per heavy atom. The Labute approximate surface area is 111 Å². The van der Waals surface area contributed by atoms with Crippen molar-refractivity contribution in [3.05, 3.63) is 12.7 Å². The van der Waals surface area contributed by atoms with Gasteiger partial charge in [0.2, 0.25) is 0 Å². The normalized spacial score (nSPS) is 19.9. The van der Waals surface area contributed by atoms with Crippen LogP contribution in [-0.2, 0) is 14.2 Å². The van der Waals surface area contributed by atoms with Crippen molar-refractivity contribution in [1.29, 1.82) is 0 Å². The van der Waals surface area contributed by atoms with E-state index in [4.69, 9.17) is 14.2 Å². The highest BCUT2D eigenvalue weighted by Gasteiger charge is 2.13. The van der Waals surface area contributed by atoms with Crippen molar-refractivity contribution in [3.63, 3.8) is 0 Å². The van der Waals surface area contributed by atoms with Crippen molar-refractivity contribution in [2.45, 2.75) is 57.7 Å². The van der Waals surface area contributed by atoms with E-state index < -0.39 is 0 Å². The van der Waals surface area contributed by atoms with E-state index in [0.29, 0.717) is 6.61 Å². The lowest BCUT2D eigenvalue weighted by atomic mass is 10.1. The van der Waals surface area contributed by atoms with Crippen LogP contribution in [0.25, 0.3) is 0 Å². The van der Waals surface area contributed by atoms with Crippen LogP contribution in [0.1, 0.15) is 51.4 Å². The van der Waals surface area contributed by atoms with Gasteiger partial charge in [0.15, 0.2) is 6.29 Å². The van der Waals surface area contributed by atoms with Crippen LogP contribution in [0.5, 0.6) is 0 Å². The van der Waals surface area contributed by atoms with Gasteiger partial charge in [-0.1, -0.05) is 25.3 Å². The van der Waals surface area contributed by atoms with E-state index >= 15 is 0 Å². The van der Waals surface area contributed by atoms with Gasteiger partial charge in [-0.15, -0.1) is 6.58 Å². The van der Waals surface area contributed by atoms with Gasteiger partial charge in [-0.05, 0) is 32.1 Å². The zero-order valence-electron chi connectivity index (χ0n) is 11.6. The summed E-state index contributed by atoms with van der Waals surface area (Å²) >= 11 is 0. The largest absolute Gasteiger partial charge is 0.377 e. The summed E-state index contributed by atoms with van der Waals surface area (Å²) in [5.74, 6) is 0. The molecule has 106 valence electrons. The second-order valence-electron chi connectivity index (χ2n) is 4.80. The molecular formula is C15H28O3. The van der Waals surface area contributed by atoms with Gasteiger partial charge >= 0.3 is 0 Å². The van der Waals surface area contributed by atoms with Crippen LogP contribution in [0.3, 0.4) is 0 Å². The molecule has 3 heteroatoms. The lowest BCUT2D eigenvalue weighted by Crippen LogP contribution is -2.22. The Morgan fingerprint density at radius 1 is 1.06 bits per heavy atom. The maximum absolute atomic E-state index is 5.68. The van der Waals surface area contributed by atoms with Crippen LogP contribution < -0.4 is 0 Å². The van der Waals surface area contributed by atoms with Crippen molar-refractivity contribution in [2.75, 3.05) is 26.4 Å². The predicted molar refractivity (Wildman–Crippen MR) is 73.6 cm³/mol. The molecule has 1 aliphatic heterocycles. The van der Waals surface area contributed by atoms with Crippen LogP contribution >= 0.6 is 0 Å². The smallest absolute Gasteiger partial charge is 0.157 e. The number of unbranched alkanes of at least 4 members (excludes halogenated alkanes) is 4. The minimum Gasteiger partial charge on any atom is -0.377 e. The summed E-state index contributed by atoms with van der Waals surface area (Å²) < 4.78 is 16.5. The lowest BCUT2D eigenvalue weighted by molar-refractivity contribution is -0.162. The Kier molecular flexibility index (Phi) is 10.2. The van der Waals surface area contributed by atoms with Crippen LogP contribution in [-0.4, -0.2) is 32.7 Å². The lowest BCUT2D eigenvalue weighted by Gasteiger charge is -2.22. The highest BCUT2D eigenvalue weighted by atomic mass is 16.7. The molecule has 0 radical (unpaired) electrons. The molecule has 0 spiro atoms. The summed E-state index contributed by atoms with van der Waals surface area (Å²) in [6.07, 6.45) is 11.4. The molecule has 18 heavy (non-hydrogen) atoms. The highest BCUT2D eigenvalue weighted by Crippen LogP contribution is 2.14. The molecule has 1 unspecified atom stereocenters. The molecular weight excluding hydrogens is 228 g/mol. The fourth-order valence-electron chi connectivity index (χ4n) is 2.06. The minimum absolute atomic E-state index is 0.0750. The van der Waals surface area contributed by atoms with E-state index in [1.807, 2.05) is 0 Å². The average Bonchev–Trinajstić information content (AvgIpc) is 2.42. The first-order valence-corrected chi connectivity index (χ1v) is 7.35. The second-order valence-corrected chi connectivity index (χ2v) is 4.80. The van der Waals surface area contributed by atoms with Crippen LogP contribution in [0.15, 0.2) is 12.7 Å². The van der Waals surface area contributed by atoms with Gasteiger partial charge in [0.1, 0.15) is 0 Å². The molecule has 1 saturated heterocycles. The number of hydrogen-bond donors (Lipinski definition) is 0. The predicted octanol–water partition coefficient (Wildman–Crippen LogP) is 3.68. The third-order valence-corrected chi connectivity index (χ3v) is 3.11. The third kappa shape index (κ3) is 8.67. The third-order valence-electron chi connectivity index (χ3n) is 3.11. The molecule has 1 fully saturated rings. The summed E-state index contributed by atoms with van der Waals surface area (Å²) in [5.41, 5.74) is 0. The van der Waals surface area contributed by atoms with Gasteiger partial charge in [-0.3, -0.25) is 0 Å². The molecule has 3 nitrogen and oxygen atoms in total. The number of ether oxygens (including phenoxy) is 3. The molecule has 0 aliphatic carbocycles. The maximum Gasteiger partial charge on any atom is 0.157 e. The molecule has 0 aromatic rings. The Balaban J connectivity index is 1.74. The van der Waals surface area contributed by atoms with E-state index in [1.165, 1.54) is 32.1 Å². The van der Waals surface area contributed by atoms with Gasteiger partial charge in [0.25, 0.3) is 0 Å². The van der Waals surface area contributed by atoms with Crippen molar-refractivity contribution in [3.8, 4) is 0 Å². The van der Waals surface area contributed by atoms with Gasteiger partial charge < -0.3 is 14.2 Å². The van der Waals surface area contributed by atoms with Gasteiger partial charge in [0, 0.05) is 19.8 Å². The summed E-state index contributed by atoms with van der Waals surface area (Å²) in [6.45, 7) is 6.87. The monoisotopic (exact) mass is 256 g/mol. The summed E-state index contributed by atoms with van der Waals surface area (Å²) in [6, 6.07) is 0. The summed E-state index contributed by atoms with van der Waals surface area (Å²) in [5, 5.41) is 0. The molecule has 0 amide bonds. The van der Waals surface area contributed by atoms with Gasteiger partial charge in [-0.25, -0.2) is 0 Å². The zero-order valence-corrected chi connectivity index (χ0v) is 11.6. The SMILES string of the molecule is C=CCOCCCCCCCOC1CCCCO1. The quantitative estimate of drug-likeness (QED) is 0.417. The first-order chi connectivity index (χ1) is 8.93. The number of rotatable bonds is 11. The van der Waals surface area contributed by atoms with Crippen molar-refractivity contribution < 1.29 is 14.2 Å². The molecule has 0 aromatic heterocycles. The Hall–Kier alpha value is -0.380. The maximum atomic E-state index is 5.68. The Bertz CT molecular complexity index is 188. The van der Waals surface area contributed by atoms with Crippen LogP contribution in [0, 0.1) is 0 Å². The van der Waals surface area contributed by atoms with Crippen molar-refractivity contribution in [2.24, 2.45) is 0 Å². The first-order valence-electron chi connectivity index (χ1n) is 7.35. The van der Waals surface area contributed by atoms with E-state index in [-0.39, 0.29) is 6.29 Å². The fourth-order valence-corrected chi connectivity index (χ4v) is 2.06. The molecule has 1 atom stereocenters. The average molecular weight is 256 g/mol.